The molecule has 1 N–H and O–H groups in total. The molecular weight excluding hydrogens is 276 g/mol. The topological polar surface area (TPSA) is 49.4 Å². The van der Waals surface area contributed by atoms with Crippen LogP contribution in [0.2, 0.25) is 0 Å². The minimum absolute atomic E-state index is 0.00273. The predicted molar refractivity (Wildman–Crippen MR) is 82.3 cm³/mol. The zero-order valence-corrected chi connectivity index (χ0v) is 13.0. The van der Waals surface area contributed by atoms with E-state index >= 15 is 0 Å². The van der Waals surface area contributed by atoms with Crippen molar-refractivity contribution in [1.82, 2.24) is 5.32 Å². The van der Waals surface area contributed by atoms with E-state index in [1.807, 2.05) is 39.0 Å². The third kappa shape index (κ3) is 3.97. The number of para-hydroxylation sites is 1. The van der Waals surface area contributed by atoms with Crippen LogP contribution < -0.4 is 10.2 Å². The molecule has 0 bridgehead atoms. The summed E-state index contributed by atoms with van der Waals surface area (Å²) in [5.41, 5.74) is 2.80. The van der Waals surface area contributed by atoms with Gasteiger partial charge in [0.15, 0.2) is 0 Å². The van der Waals surface area contributed by atoms with Crippen LogP contribution >= 0.6 is 11.6 Å². The zero-order chi connectivity index (χ0) is 15.1. The number of rotatable bonds is 6. The SMILES string of the molecule is CCNC(=O)CN(C(=O)CCl)c1c(C)cccc1CC. The first-order valence-corrected chi connectivity index (χ1v) is 7.30. The van der Waals surface area contributed by atoms with Gasteiger partial charge in [-0.2, -0.15) is 0 Å². The van der Waals surface area contributed by atoms with Gasteiger partial charge in [-0.25, -0.2) is 0 Å². The second-order valence-electron chi connectivity index (χ2n) is 4.50. The Morgan fingerprint density at radius 1 is 1.30 bits per heavy atom. The fourth-order valence-corrected chi connectivity index (χ4v) is 2.30. The van der Waals surface area contributed by atoms with Crippen molar-refractivity contribution in [3.63, 3.8) is 0 Å². The molecule has 1 aromatic rings. The van der Waals surface area contributed by atoms with Crippen LogP contribution in [-0.2, 0) is 16.0 Å². The number of aryl methyl sites for hydroxylation is 2. The number of benzene rings is 1. The van der Waals surface area contributed by atoms with Gasteiger partial charge in [-0.3, -0.25) is 9.59 Å². The van der Waals surface area contributed by atoms with Gasteiger partial charge in [0.1, 0.15) is 12.4 Å². The molecule has 0 saturated heterocycles. The zero-order valence-electron chi connectivity index (χ0n) is 12.2. The molecule has 0 radical (unpaired) electrons. The summed E-state index contributed by atoms with van der Waals surface area (Å²) in [5.74, 6) is -0.588. The monoisotopic (exact) mass is 296 g/mol. The number of carbonyl (C=O) groups excluding carboxylic acids is 2. The summed E-state index contributed by atoms with van der Waals surface area (Å²) < 4.78 is 0. The second-order valence-corrected chi connectivity index (χ2v) is 4.77. The Labute approximate surface area is 125 Å². The molecule has 0 spiro atoms. The van der Waals surface area contributed by atoms with Gasteiger partial charge in [0.05, 0.1) is 5.69 Å². The fraction of sp³-hybridized carbons (Fsp3) is 0.467. The van der Waals surface area contributed by atoms with E-state index in [2.05, 4.69) is 5.32 Å². The fourth-order valence-electron chi connectivity index (χ4n) is 2.15. The number of carbonyl (C=O) groups is 2. The van der Waals surface area contributed by atoms with Crippen LogP contribution in [-0.4, -0.2) is 30.8 Å². The Balaban J connectivity index is 3.17. The van der Waals surface area contributed by atoms with Gasteiger partial charge in [-0.15, -0.1) is 11.6 Å². The molecule has 0 aliphatic heterocycles. The van der Waals surface area contributed by atoms with E-state index in [1.165, 1.54) is 4.90 Å². The lowest BCUT2D eigenvalue weighted by Crippen LogP contribution is -2.42. The van der Waals surface area contributed by atoms with Gasteiger partial charge in [0.2, 0.25) is 11.8 Å². The van der Waals surface area contributed by atoms with Crippen molar-refractivity contribution in [2.75, 3.05) is 23.9 Å². The van der Waals surface area contributed by atoms with Crippen LogP contribution in [0.25, 0.3) is 0 Å². The third-order valence-corrected chi connectivity index (χ3v) is 3.29. The van der Waals surface area contributed by atoms with Gasteiger partial charge >= 0.3 is 0 Å². The summed E-state index contributed by atoms with van der Waals surface area (Å²) in [6, 6.07) is 5.85. The van der Waals surface area contributed by atoms with Crippen LogP contribution in [0.3, 0.4) is 0 Å². The molecule has 1 aromatic carbocycles. The van der Waals surface area contributed by atoms with Crippen molar-refractivity contribution >= 4 is 29.1 Å². The number of alkyl halides is 1. The number of hydrogen-bond acceptors (Lipinski definition) is 2. The van der Waals surface area contributed by atoms with E-state index in [9.17, 15) is 9.59 Å². The molecule has 5 heteroatoms. The number of anilines is 1. The normalized spacial score (nSPS) is 10.2. The molecule has 0 aliphatic rings. The highest BCUT2D eigenvalue weighted by Gasteiger charge is 2.21. The summed E-state index contributed by atoms with van der Waals surface area (Å²) in [5, 5.41) is 2.71. The van der Waals surface area contributed by atoms with Crippen LogP contribution in [0.5, 0.6) is 0 Å². The van der Waals surface area contributed by atoms with Crippen LogP contribution in [0.4, 0.5) is 5.69 Å². The Morgan fingerprint density at radius 3 is 2.55 bits per heavy atom. The Bertz CT molecular complexity index is 489. The van der Waals surface area contributed by atoms with Gasteiger partial charge in [0.25, 0.3) is 0 Å². The molecule has 0 heterocycles. The highest BCUT2D eigenvalue weighted by atomic mass is 35.5. The lowest BCUT2D eigenvalue weighted by Gasteiger charge is -2.25. The second kappa shape index (κ2) is 7.90. The number of hydrogen-bond donors (Lipinski definition) is 1. The number of nitrogens with zero attached hydrogens (tertiary/aromatic N) is 1. The van der Waals surface area contributed by atoms with Crippen LogP contribution in [0, 0.1) is 6.92 Å². The molecule has 2 amide bonds. The number of nitrogens with one attached hydrogen (secondary N) is 1. The lowest BCUT2D eigenvalue weighted by molar-refractivity contribution is -0.122. The van der Waals surface area contributed by atoms with Gasteiger partial charge < -0.3 is 10.2 Å². The maximum Gasteiger partial charge on any atom is 0.242 e. The van der Waals surface area contributed by atoms with Crippen molar-refractivity contribution in [3.8, 4) is 0 Å². The smallest absolute Gasteiger partial charge is 0.242 e. The Kier molecular flexibility index (Phi) is 6.52. The molecular formula is C15H21ClN2O2. The number of likely N-dealkylation sites (N-methyl/N-ethyl adjacent to an activating group) is 1. The average molecular weight is 297 g/mol. The summed E-state index contributed by atoms with van der Waals surface area (Å²) in [4.78, 5) is 25.4. The van der Waals surface area contributed by atoms with E-state index in [0.717, 1.165) is 23.2 Å². The number of halogens is 1. The molecule has 20 heavy (non-hydrogen) atoms. The first-order chi connectivity index (χ1) is 9.54. The molecule has 0 atom stereocenters. The average Bonchev–Trinajstić information content (AvgIpc) is 2.44. The van der Waals surface area contributed by atoms with E-state index in [-0.39, 0.29) is 24.2 Å². The van der Waals surface area contributed by atoms with Gasteiger partial charge in [-0.05, 0) is 31.4 Å². The highest BCUT2D eigenvalue weighted by molar-refractivity contribution is 6.29. The molecule has 0 saturated carbocycles. The molecule has 0 aromatic heterocycles. The number of amides is 2. The summed E-state index contributed by atoms with van der Waals surface area (Å²) in [6.45, 7) is 6.33. The summed E-state index contributed by atoms with van der Waals surface area (Å²) >= 11 is 5.68. The minimum Gasteiger partial charge on any atom is -0.355 e. The predicted octanol–water partition coefficient (Wildman–Crippen LogP) is 2.27. The molecule has 0 aliphatic carbocycles. The molecule has 0 unspecified atom stereocenters. The van der Waals surface area contributed by atoms with Crippen molar-refractivity contribution in [3.05, 3.63) is 29.3 Å². The molecule has 1 rings (SSSR count). The molecule has 0 fully saturated rings. The Morgan fingerprint density at radius 2 is 2.00 bits per heavy atom. The van der Waals surface area contributed by atoms with E-state index in [4.69, 9.17) is 11.6 Å². The first-order valence-electron chi connectivity index (χ1n) is 6.76. The van der Waals surface area contributed by atoms with Crippen molar-refractivity contribution in [2.45, 2.75) is 27.2 Å². The standard InChI is InChI=1S/C15H21ClN2O2/c1-4-12-8-6-7-11(3)15(12)18(14(20)9-16)10-13(19)17-5-2/h6-8H,4-5,9-10H2,1-3H3,(H,17,19). The minimum atomic E-state index is -0.262. The molecule has 110 valence electrons. The summed E-state index contributed by atoms with van der Waals surface area (Å²) in [6.07, 6.45) is 0.790. The maximum absolute atomic E-state index is 12.1. The lowest BCUT2D eigenvalue weighted by atomic mass is 10.0. The van der Waals surface area contributed by atoms with Crippen molar-refractivity contribution in [1.29, 1.82) is 0 Å². The van der Waals surface area contributed by atoms with E-state index in [1.54, 1.807) is 0 Å². The first kappa shape index (κ1) is 16.5. The van der Waals surface area contributed by atoms with E-state index in [0.29, 0.717) is 6.54 Å². The Hall–Kier alpha value is -1.55. The largest absolute Gasteiger partial charge is 0.355 e. The maximum atomic E-state index is 12.1. The molecule has 4 nitrogen and oxygen atoms in total. The van der Waals surface area contributed by atoms with Crippen molar-refractivity contribution < 1.29 is 9.59 Å². The quantitative estimate of drug-likeness (QED) is 0.819. The van der Waals surface area contributed by atoms with Crippen molar-refractivity contribution in [2.24, 2.45) is 0 Å². The van der Waals surface area contributed by atoms with E-state index < -0.39 is 0 Å². The van der Waals surface area contributed by atoms with Crippen LogP contribution in [0.1, 0.15) is 25.0 Å². The van der Waals surface area contributed by atoms with Gasteiger partial charge in [-0.1, -0.05) is 25.1 Å². The highest BCUT2D eigenvalue weighted by Crippen LogP contribution is 2.26. The van der Waals surface area contributed by atoms with Crippen LogP contribution in [0.15, 0.2) is 18.2 Å². The summed E-state index contributed by atoms with van der Waals surface area (Å²) in [7, 11) is 0. The van der Waals surface area contributed by atoms with Gasteiger partial charge in [0, 0.05) is 6.54 Å². The third-order valence-electron chi connectivity index (χ3n) is 3.06.